The summed E-state index contributed by atoms with van der Waals surface area (Å²) in [6, 6.07) is 6.97. The van der Waals surface area contributed by atoms with E-state index in [0.29, 0.717) is 30.8 Å². The molecule has 0 bridgehead atoms. The summed E-state index contributed by atoms with van der Waals surface area (Å²) in [6.45, 7) is 0.448. The van der Waals surface area contributed by atoms with Gasteiger partial charge in [0.1, 0.15) is 11.6 Å². The van der Waals surface area contributed by atoms with Crippen LogP contribution >= 0.6 is 0 Å². The van der Waals surface area contributed by atoms with Crippen LogP contribution in [-0.2, 0) is 4.74 Å². The van der Waals surface area contributed by atoms with Gasteiger partial charge >= 0.3 is 5.97 Å². The van der Waals surface area contributed by atoms with Gasteiger partial charge in [-0.05, 0) is 30.3 Å². The number of carbonyl (C=O) groups is 2. The molecule has 0 fully saturated rings. The maximum absolute atomic E-state index is 13.1. The van der Waals surface area contributed by atoms with Crippen LogP contribution < -0.4 is 9.47 Å². The molecule has 0 amide bonds. The van der Waals surface area contributed by atoms with Gasteiger partial charge in [-0.25, -0.2) is 13.6 Å². The van der Waals surface area contributed by atoms with Crippen molar-refractivity contribution in [2.45, 2.75) is 6.42 Å². The first-order valence-corrected chi connectivity index (χ1v) is 7.59. The minimum absolute atomic E-state index is 0.280. The lowest BCUT2D eigenvalue weighted by Gasteiger charge is -2.09. The van der Waals surface area contributed by atoms with Crippen LogP contribution in [0.5, 0.6) is 11.5 Å². The Kier molecular flexibility index (Phi) is 4.92. The van der Waals surface area contributed by atoms with Gasteiger partial charge in [0, 0.05) is 18.1 Å². The van der Waals surface area contributed by atoms with E-state index in [1.165, 1.54) is 12.1 Å². The van der Waals surface area contributed by atoms with E-state index in [0.717, 1.165) is 18.6 Å². The normalized spacial score (nSPS) is 13.0. The van der Waals surface area contributed by atoms with E-state index in [4.69, 9.17) is 14.2 Å². The Hall–Kier alpha value is -2.96. The molecule has 1 aliphatic heterocycles. The molecule has 0 aliphatic carbocycles. The second kappa shape index (κ2) is 7.29. The highest BCUT2D eigenvalue weighted by Gasteiger charge is 2.17. The Bertz CT molecular complexity index is 799. The summed E-state index contributed by atoms with van der Waals surface area (Å²) < 4.78 is 42.0. The second-order valence-corrected chi connectivity index (χ2v) is 5.37. The summed E-state index contributed by atoms with van der Waals surface area (Å²) in [5.74, 6) is -2.27. The van der Waals surface area contributed by atoms with Crippen molar-refractivity contribution < 1.29 is 32.6 Å². The highest BCUT2D eigenvalue weighted by atomic mass is 19.1. The Labute approximate surface area is 142 Å². The summed E-state index contributed by atoms with van der Waals surface area (Å²) in [5, 5.41) is 0. The molecule has 1 heterocycles. The van der Waals surface area contributed by atoms with E-state index >= 15 is 0 Å². The molecule has 2 aromatic rings. The first kappa shape index (κ1) is 16.9. The van der Waals surface area contributed by atoms with Crippen LogP contribution in [0.2, 0.25) is 0 Å². The zero-order chi connectivity index (χ0) is 17.8. The van der Waals surface area contributed by atoms with E-state index in [-0.39, 0.29) is 11.1 Å². The summed E-state index contributed by atoms with van der Waals surface area (Å²) in [6.07, 6.45) is 0.736. The molecule has 5 nitrogen and oxygen atoms in total. The Balaban J connectivity index is 1.66. The number of carbonyl (C=O) groups excluding carboxylic acids is 2. The minimum Gasteiger partial charge on any atom is -0.490 e. The standard InChI is InChI=1S/C18H14F2O5/c19-13-6-12(7-14(20)9-13)18(22)25-10-15(21)11-2-3-16-17(8-11)24-5-1-4-23-16/h2-3,6-9H,1,4-5,10H2. The summed E-state index contributed by atoms with van der Waals surface area (Å²) in [5.41, 5.74) is -0.0218. The quantitative estimate of drug-likeness (QED) is 0.627. The number of halogens is 2. The van der Waals surface area contributed by atoms with Crippen LogP contribution in [0.15, 0.2) is 36.4 Å². The molecule has 0 N–H and O–H groups in total. The molecule has 3 rings (SSSR count). The predicted octanol–water partition coefficient (Wildman–Crippen LogP) is 3.17. The lowest BCUT2D eigenvalue weighted by Crippen LogP contribution is -2.14. The number of rotatable bonds is 4. The SMILES string of the molecule is O=C(COC(=O)c1cc(F)cc(F)c1)c1ccc2c(c1)OCCCO2. The predicted molar refractivity (Wildman–Crippen MR) is 83.0 cm³/mol. The van der Waals surface area contributed by atoms with E-state index in [2.05, 4.69) is 0 Å². The summed E-state index contributed by atoms with van der Waals surface area (Å²) in [4.78, 5) is 24.0. The molecule has 0 unspecified atom stereocenters. The summed E-state index contributed by atoms with van der Waals surface area (Å²) >= 11 is 0. The highest BCUT2D eigenvalue weighted by Crippen LogP contribution is 2.30. The van der Waals surface area contributed by atoms with Gasteiger partial charge in [-0.3, -0.25) is 4.79 Å². The van der Waals surface area contributed by atoms with E-state index < -0.39 is 30.0 Å². The lowest BCUT2D eigenvalue weighted by molar-refractivity contribution is 0.0474. The minimum atomic E-state index is -0.985. The number of esters is 1. The molecular weight excluding hydrogens is 334 g/mol. The van der Waals surface area contributed by atoms with Crippen LogP contribution in [0.25, 0.3) is 0 Å². The molecule has 0 saturated heterocycles. The van der Waals surface area contributed by atoms with Crippen LogP contribution in [0.4, 0.5) is 8.78 Å². The third-order valence-electron chi connectivity index (χ3n) is 3.50. The molecule has 0 aromatic heterocycles. The molecule has 2 aromatic carbocycles. The van der Waals surface area contributed by atoms with Crippen molar-refractivity contribution in [3.05, 3.63) is 59.2 Å². The van der Waals surface area contributed by atoms with Gasteiger partial charge in [0.15, 0.2) is 23.9 Å². The maximum Gasteiger partial charge on any atom is 0.338 e. The molecule has 130 valence electrons. The van der Waals surface area contributed by atoms with Crippen molar-refractivity contribution in [2.24, 2.45) is 0 Å². The number of ketones is 1. The van der Waals surface area contributed by atoms with Gasteiger partial charge in [0.05, 0.1) is 18.8 Å². The third-order valence-corrected chi connectivity index (χ3v) is 3.50. The van der Waals surface area contributed by atoms with Crippen LogP contribution in [0.3, 0.4) is 0 Å². The number of hydrogen-bond acceptors (Lipinski definition) is 5. The molecule has 7 heteroatoms. The van der Waals surface area contributed by atoms with Crippen molar-refractivity contribution >= 4 is 11.8 Å². The first-order valence-electron chi connectivity index (χ1n) is 7.59. The van der Waals surface area contributed by atoms with Crippen molar-refractivity contribution in [2.75, 3.05) is 19.8 Å². The maximum atomic E-state index is 13.1. The van der Waals surface area contributed by atoms with Gasteiger partial charge in [-0.2, -0.15) is 0 Å². The number of fused-ring (bicyclic) bond motifs is 1. The zero-order valence-electron chi connectivity index (χ0n) is 13.1. The third kappa shape index (κ3) is 4.12. The molecule has 0 radical (unpaired) electrons. The fraction of sp³-hybridized carbons (Fsp3) is 0.222. The average molecular weight is 348 g/mol. The number of hydrogen-bond donors (Lipinski definition) is 0. The second-order valence-electron chi connectivity index (χ2n) is 5.37. The zero-order valence-corrected chi connectivity index (χ0v) is 13.1. The van der Waals surface area contributed by atoms with Crippen molar-refractivity contribution in [3.63, 3.8) is 0 Å². The fourth-order valence-corrected chi connectivity index (χ4v) is 2.31. The largest absolute Gasteiger partial charge is 0.490 e. The summed E-state index contributed by atoms with van der Waals surface area (Å²) in [7, 11) is 0. The van der Waals surface area contributed by atoms with Gasteiger partial charge in [-0.15, -0.1) is 0 Å². The number of benzene rings is 2. The first-order chi connectivity index (χ1) is 12.0. The van der Waals surface area contributed by atoms with E-state index in [1.54, 1.807) is 6.07 Å². The van der Waals surface area contributed by atoms with E-state index in [1.807, 2.05) is 0 Å². The Morgan fingerprint density at radius 3 is 2.32 bits per heavy atom. The van der Waals surface area contributed by atoms with Crippen molar-refractivity contribution in [1.29, 1.82) is 0 Å². The Morgan fingerprint density at radius 2 is 1.60 bits per heavy atom. The Morgan fingerprint density at radius 1 is 0.920 bits per heavy atom. The van der Waals surface area contributed by atoms with Crippen molar-refractivity contribution in [3.8, 4) is 11.5 Å². The topological polar surface area (TPSA) is 61.8 Å². The van der Waals surface area contributed by atoms with Gasteiger partial charge in [-0.1, -0.05) is 0 Å². The smallest absolute Gasteiger partial charge is 0.338 e. The molecular formula is C18H14F2O5. The number of Topliss-reactive ketones (excluding diaryl/α,β-unsaturated/α-hetero) is 1. The molecule has 0 atom stereocenters. The van der Waals surface area contributed by atoms with Crippen LogP contribution in [0, 0.1) is 11.6 Å². The molecule has 1 aliphatic rings. The average Bonchev–Trinajstić information content (AvgIpc) is 2.83. The molecule has 0 spiro atoms. The van der Waals surface area contributed by atoms with Crippen LogP contribution in [-0.4, -0.2) is 31.6 Å². The molecule has 25 heavy (non-hydrogen) atoms. The fourth-order valence-electron chi connectivity index (χ4n) is 2.31. The number of ether oxygens (including phenoxy) is 3. The highest BCUT2D eigenvalue weighted by molar-refractivity contribution is 5.99. The van der Waals surface area contributed by atoms with E-state index in [9.17, 15) is 18.4 Å². The van der Waals surface area contributed by atoms with Gasteiger partial charge < -0.3 is 14.2 Å². The van der Waals surface area contributed by atoms with Gasteiger partial charge in [0.2, 0.25) is 0 Å². The van der Waals surface area contributed by atoms with Crippen molar-refractivity contribution in [1.82, 2.24) is 0 Å². The lowest BCUT2D eigenvalue weighted by atomic mass is 10.1. The van der Waals surface area contributed by atoms with Gasteiger partial charge in [0.25, 0.3) is 0 Å². The molecule has 0 saturated carbocycles. The monoisotopic (exact) mass is 348 g/mol. The van der Waals surface area contributed by atoms with Crippen LogP contribution in [0.1, 0.15) is 27.1 Å².